The molecule has 0 atom stereocenters. The Morgan fingerprint density at radius 1 is 0.967 bits per heavy atom. The highest BCUT2D eigenvalue weighted by Crippen LogP contribution is 2.23. The van der Waals surface area contributed by atoms with Gasteiger partial charge in [-0.2, -0.15) is 5.26 Å². The number of hydrogen-bond acceptors (Lipinski definition) is 5. The van der Waals surface area contributed by atoms with Crippen molar-refractivity contribution in [2.24, 2.45) is 0 Å². The van der Waals surface area contributed by atoms with E-state index in [1.807, 2.05) is 30.3 Å². The fourth-order valence-corrected chi connectivity index (χ4v) is 3.02. The van der Waals surface area contributed by atoms with Crippen LogP contribution in [0.3, 0.4) is 0 Å². The van der Waals surface area contributed by atoms with Gasteiger partial charge < -0.3 is 14.8 Å². The number of carbonyl (C=O) groups excluding carboxylic acids is 2. The molecule has 0 aliphatic heterocycles. The number of benzene rings is 3. The van der Waals surface area contributed by atoms with E-state index in [1.165, 1.54) is 0 Å². The van der Waals surface area contributed by atoms with Crippen LogP contribution in [0.2, 0.25) is 0 Å². The molecule has 1 amide bonds. The molecule has 0 unspecified atom stereocenters. The Morgan fingerprint density at radius 2 is 1.67 bits per heavy atom. The molecule has 0 fully saturated rings. The van der Waals surface area contributed by atoms with Crippen LogP contribution in [-0.4, -0.2) is 18.5 Å². The van der Waals surface area contributed by atoms with Crippen LogP contribution in [0.15, 0.2) is 77.3 Å². The average molecular weight is 465 g/mol. The maximum Gasteiger partial charge on any atom is 0.342 e. The number of nitriles is 1. The molecule has 0 saturated heterocycles. The van der Waals surface area contributed by atoms with E-state index in [-0.39, 0.29) is 12.2 Å². The summed E-state index contributed by atoms with van der Waals surface area (Å²) in [6.07, 6.45) is 0. The van der Waals surface area contributed by atoms with Gasteiger partial charge in [0.2, 0.25) is 0 Å². The zero-order valence-corrected chi connectivity index (χ0v) is 17.4. The minimum Gasteiger partial charge on any atom is -0.488 e. The number of nitrogens with one attached hydrogen (secondary N) is 1. The van der Waals surface area contributed by atoms with Crippen molar-refractivity contribution in [2.45, 2.75) is 6.61 Å². The van der Waals surface area contributed by atoms with Gasteiger partial charge in [0.15, 0.2) is 6.61 Å². The van der Waals surface area contributed by atoms with Crippen LogP contribution in [0.1, 0.15) is 21.5 Å². The van der Waals surface area contributed by atoms with Gasteiger partial charge in [0.05, 0.1) is 11.3 Å². The van der Waals surface area contributed by atoms with Gasteiger partial charge in [-0.05, 0) is 30.3 Å². The summed E-state index contributed by atoms with van der Waals surface area (Å²) in [6.45, 7) is -0.228. The molecular formula is C23H17BrN2O4. The number of ether oxygens (including phenoxy) is 2. The van der Waals surface area contributed by atoms with E-state index in [1.54, 1.807) is 48.5 Å². The Labute approximate surface area is 182 Å². The summed E-state index contributed by atoms with van der Waals surface area (Å²) in [6, 6.07) is 22.8. The predicted octanol–water partition coefficient (Wildman–Crippen LogP) is 4.70. The Balaban J connectivity index is 1.61. The number of halogens is 1. The molecule has 0 aliphatic rings. The molecule has 150 valence electrons. The van der Waals surface area contributed by atoms with E-state index in [9.17, 15) is 9.59 Å². The van der Waals surface area contributed by atoms with E-state index >= 15 is 0 Å². The number of anilines is 1. The number of amides is 1. The van der Waals surface area contributed by atoms with Crippen LogP contribution in [0.4, 0.5) is 5.69 Å². The molecule has 7 heteroatoms. The summed E-state index contributed by atoms with van der Waals surface area (Å²) in [5.74, 6) is -0.868. The van der Waals surface area contributed by atoms with E-state index in [4.69, 9.17) is 14.7 Å². The van der Waals surface area contributed by atoms with E-state index in [0.29, 0.717) is 17.0 Å². The molecule has 0 heterocycles. The Bertz CT molecular complexity index is 1110. The molecule has 1 N–H and O–H groups in total. The smallest absolute Gasteiger partial charge is 0.342 e. The monoisotopic (exact) mass is 464 g/mol. The molecule has 0 saturated carbocycles. The molecule has 0 aromatic heterocycles. The molecule has 0 radical (unpaired) electrons. The Kier molecular flexibility index (Phi) is 7.19. The number of hydrogen-bond donors (Lipinski definition) is 1. The van der Waals surface area contributed by atoms with E-state index in [0.717, 1.165) is 10.0 Å². The van der Waals surface area contributed by atoms with Crippen molar-refractivity contribution in [1.82, 2.24) is 0 Å². The van der Waals surface area contributed by atoms with Gasteiger partial charge in [-0.3, -0.25) is 4.79 Å². The third kappa shape index (κ3) is 5.46. The molecule has 0 bridgehead atoms. The fourth-order valence-electron chi connectivity index (χ4n) is 2.62. The summed E-state index contributed by atoms with van der Waals surface area (Å²) >= 11 is 3.46. The van der Waals surface area contributed by atoms with Crippen molar-refractivity contribution in [2.75, 3.05) is 11.9 Å². The standard InChI is InChI=1S/C23H17BrN2O4/c24-19-10-4-1-8-17(19)14-29-21-12-6-3-9-18(21)23(28)30-15-22(27)26-20-11-5-2-7-16(20)13-25/h1-12H,14-15H2,(H,26,27). The second-order valence-corrected chi connectivity index (χ2v) is 7.01. The average Bonchev–Trinajstić information content (AvgIpc) is 2.77. The minimum absolute atomic E-state index is 0.217. The van der Waals surface area contributed by atoms with Gasteiger partial charge >= 0.3 is 5.97 Å². The van der Waals surface area contributed by atoms with Gasteiger partial charge in [0.1, 0.15) is 24.0 Å². The van der Waals surface area contributed by atoms with E-state index in [2.05, 4.69) is 21.2 Å². The number of rotatable bonds is 7. The molecule has 30 heavy (non-hydrogen) atoms. The van der Waals surface area contributed by atoms with Crippen LogP contribution < -0.4 is 10.1 Å². The molecule has 3 aromatic carbocycles. The molecule has 3 aromatic rings. The first-order valence-corrected chi connectivity index (χ1v) is 9.79. The maximum atomic E-state index is 12.5. The summed E-state index contributed by atoms with van der Waals surface area (Å²) in [5.41, 5.74) is 1.83. The molecular weight excluding hydrogens is 448 g/mol. The lowest BCUT2D eigenvalue weighted by atomic mass is 10.2. The second-order valence-electron chi connectivity index (χ2n) is 6.16. The highest BCUT2D eigenvalue weighted by Gasteiger charge is 2.16. The fraction of sp³-hybridized carbons (Fsp3) is 0.0870. The second kappa shape index (κ2) is 10.2. The van der Waals surface area contributed by atoms with Crippen molar-refractivity contribution in [3.05, 3.63) is 94.0 Å². The first kappa shape index (κ1) is 21.1. The van der Waals surface area contributed by atoms with Gasteiger partial charge in [-0.1, -0.05) is 58.4 Å². The zero-order chi connectivity index (χ0) is 21.3. The third-order valence-electron chi connectivity index (χ3n) is 4.10. The zero-order valence-electron chi connectivity index (χ0n) is 15.8. The molecule has 0 aliphatic carbocycles. The summed E-state index contributed by atoms with van der Waals surface area (Å²) in [4.78, 5) is 24.6. The van der Waals surface area contributed by atoms with Gasteiger partial charge in [0, 0.05) is 10.0 Å². The van der Waals surface area contributed by atoms with Crippen LogP contribution in [0.25, 0.3) is 0 Å². The highest BCUT2D eigenvalue weighted by molar-refractivity contribution is 9.10. The lowest BCUT2D eigenvalue weighted by molar-refractivity contribution is -0.119. The van der Waals surface area contributed by atoms with Crippen LogP contribution in [0.5, 0.6) is 5.75 Å². The summed E-state index contributed by atoms with van der Waals surface area (Å²) in [5, 5.41) is 11.6. The summed E-state index contributed by atoms with van der Waals surface area (Å²) in [7, 11) is 0. The number of esters is 1. The molecule has 6 nitrogen and oxygen atoms in total. The molecule has 3 rings (SSSR count). The van der Waals surface area contributed by atoms with Crippen LogP contribution in [-0.2, 0) is 16.1 Å². The highest BCUT2D eigenvalue weighted by atomic mass is 79.9. The topological polar surface area (TPSA) is 88.4 Å². The van der Waals surface area contributed by atoms with Crippen molar-refractivity contribution in [3.63, 3.8) is 0 Å². The van der Waals surface area contributed by atoms with Crippen molar-refractivity contribution >= 4 is 33.5 Å². The quantitative estimate of drug-likeness (QED) is 0.512. The summed E-state index contributed by atoms with van der Waals surface area (Å²) < 4.78 is 11.8. The van der Waals surface area contributed by atoms with Gasteiger partial charge in [0.25, 0.3) is 5.91 Å². The Morgan fingerprint density at radius 3 is 2.47 bits per heavy atom. The first-order valence-electron chi connectivity index (χ1n) is 9.00. The largest absolute Gasteiger partial charge is 0.488 e. The SMILES string of the molecule is N#Cc1ccccc1NC(=O)COC(=O)c1ccccc1OCc1ccccc1Br. The van der Waals surface area contributed by atoms with Crippen LogP contribution in [0, 0.1) is 11.3 Å². The number of carbonyl (C=O) groups is 2. The molecule has 0 spiro atoms. The number of nitrogens with zero attached hydrogens (tertiary/aromatic N) is 1. The Hall–Kier alpha value is -3.63. The van der Waals surface area contributed by atoms with Gasteiger partial charge in [-0.15, -0.1) is 0 Å². The minimum atomic E-state index is -0.679. The van der Waals surface area contributed by atoms with Crippen molar-refractivity contribution < 1.29 is 19.1 Å². The normalized spacial score (nSPS) is 10.0. The maximum absolute atomic E-state index is 12.5. The van der Waals surface area contributed by atoms with Crippen molar-refractivity contribution in [1.29, 1.82) is 5.26 Å². The first-order chi connectivity index (χ1) is 14.6. The number of para-hydroxylation sites is 2. The van der Waals surface area contributed by atoms with Crippen LogP contribution >= 0.6 is 15.9 Å². The predicted molar refractivity (Wildman–Crippen MR) is 115 cm³/mol. The third-order valence-corrected chi connectivity index (χ3v) is 4.88. The van der Waals surface area contributed by atoms with E-state index < -0.39 is 18.5 Å². The van der Waals surface area contributed by atoms with Crippen molar-refractivity contribution in [3.8, 4) is 11.8 Å². The lowest BCUT2D eigenvalue weighted by Gasteiger charge is -2.12. The van der Waals surface area contributed by atoms with Gasteiger partial charge in [-0.25, -0.2) is 4.79 Å². The lowest BCUT2D eigenvalue weighted by Crippen LogP contribution is -2.21.